The minimum Gasteiger partial charge on any atom is -0.464 e. The van der Waals surface area contributed by atoms with Crippen LogP contribution in [0.3, 0.4) is 0 Å². The van der Waals surface area contributed by atoms with Crippen LogP contribution in [0.5, 0.6) is 5.88 Å². The topological polar surface area (TPSA) is 91.3 Å². The van der Waals surface area contributed by atoms with Gasteiger partial charge in [0.2, 0.25) is 5.88 Å². The Labute approximate surface area is 79.9 Å². The van der Waals surface area contributed by atoms with Gasteiger partial charge in [-0.2, -0.15) is 4.98 Å². The van der Waals surface area contributed by atoms with Crippen LogP contribution in [0.1, 0.15) is 0 Å². The van der Waals surface area contributed by atoms with E-state index in [4.69, 9.17) is 16.9 Å². The van der Waals surface area contributed by atoms with Crippen molar-refractivity contribution in [3.63, 3.8) is 0 Å². The lowest BCUT2D eigenvalue weighted by atomic mass is 10.4. The van der Waals surface area contributed by atoms with E-state index in [0.717, 1.165) is 12.1 Å². The highest BCUT2D eigenvalue weighted by atomic mass is 16.6. The van der Waals surface area contributed by atoms with Crippen LogP contribution < -0.4 is 10.5 Å². The average molecular weight is 193 g/mol. The van der Waals surface area contributed by atoms with Gasteiger partial charge in [-0.25, -0.2) is 0 Å². The molecule has 1 heterocycles. The highest BCUT2D eigenvalue weighted by molar-refractivity contribution is 5.45. The maximum atomic E-state index is 10.4. The average Bonchev–Trinajstić information content (AvgIpc) is 2.14. The Morgan fingerprint density at radius 2 is 2.43 bits per heavy atom. The molecule has 0 aliphatic heterocycles. The summed E-state index contributed by atoms with van der Waals surface area (Å²) in [5.74, 6) is 2.28. The number of nitrogens with zero attached hydrogens (tertiary/aromatic N) is 2. The van der Waals surface area contributed by atoms with Crippen molar-refractivity contribution in [2.24, 2.45) is 0 Å². The van der Waals surface area contributed by atoms with Crippen LogP contribution in [0.2, 0.25) is 0 Å². The molecule has 72 valence electrons. The summed E-state index contributed by atoms with van der Waals surface area (Å²) in [6, 6.07) is 2.30. The van der Waals surface area contributed by atoms with Crippen LogP contribution >= 0.6 is 0 Å². The van der Waals surface area contributed by atoms with E-state index in [1.54, 1.807) is 0 Å². The zero-order valence-electron chi connectivity index (χ0n) is 7.14. The smallest absolute Gasteiger partial charge is 0.278 e. The molecule has 0 aliphatic carbocycles. The van der Waals surface area contributed by atoms with Crippen LogP contribution in [0, 0.1) is 22.5 Å². The number of aromatic nitrogens is 1. The van der Waals surface area contributed by atoms with E-state index in [1.807, 2.05) is 0 Å². The van der Waals surface area contributed by atoms with Gasteiger partial charge in [0, 0.05) is 0 Å². The van der Waals surface area contributed by atoms with Crippen molar-refractivity contribution >= 4 is 11.5 Å². The third kappa shape index (κ3) is 2.35. The van der Waals surface area contributed by atoms with Gasteiger partial charge in [0.15, 0.2) is 6.61 Å². The van der Waals surface area contributed by atoms with Crippen molar-refractivity contribution in [2.45, 2.75) is 0 Å². The van der Waals surface area contributed by atoms with E-state index in [9.17, 15) is 10.1 Å². The molecule has 0 fully saturated rings. The Bertz CT molecular complexity index is 397. The largest absolute Gasteiger partial charge is 0.464 e. The summed E-state index contributed by atoms with van der Waals surface area (Å²) in [5.41, 5.74) is 5.15. The fraction of sp³-hybridized carbons (Fsp3) is 0.125. The fourth-order valence-corrected chi connectivity index (χ4v) is 0.806. The maximum Gasteiger partial charge on any atom is 0.278 e. The SMILES string of the molecule is C#CCOc1cc([N+](=O)[O-])cc(N)n1. The number of nitro groups is 1. The normalized spacial score (nSPS) is 9.07. The summed E-state index contributed by atoms with van der Waals surface area (Å²) >= 11 is 0. The zero-order chi connectivity index (χ0) is 10.6. The first-order chi connectivity index (χ1) is 6.63. The Kier molecular flexibility index (Phi) is 2.86. The van der Waals surface area contributed by atoms with Crippen LogP contribution in [0.4, 0.5) is 11.5 Å². The summed E-state index contributed by atoms with van der Waals surface area (Å²) in [4.78, 5) is 13.5. The molecule has 2 N–H and O–H groups in total. The van der Waals surface area contributed by atoms with Crippen molar-refractivity contribution in [1.29, 1.82) is 0 Å². The van der Waals surface area contributed by atoms with Gasteiger partial charge in [-0.3, -0.25) is 10.1 Å². The fourth-order valence-electron chi connectivity index (χ4n) is 0.806. The van der Waals surface area contributed by atoms with E-state index < -0.39 is 4.92 Å². The summed E-state index contributed by atoms with van der Waals surface area (Å²) in [5, 5.41) is 10.4. The molecule has 1 rings (SSSR count). The van der Waals surface area contributed by atoms with E-state index >= 15 is 0 Å². The molecule has 1 aromatic rings. The van der Waals surface area contributed by atoms with E-state index in [1.165, 1.54) is 0 Å². The Morgan fingerprint density at radius 1 is 1.71 bits per heavy atom. The highest BCUT2D eigenvalue weighted by Gasteiger charge is 2.09. The van der Waals surface area contributed by atoms with E-state index in [-0.39, 0.29) is 24.0 Å². The quantitative estimate of drug-likeness (QED) is 0.430. The first-order valence-corrected chi connectivity index (χ1v) is 3.61. The number of anilines is 1. The molecule has 0 saturated carbocycles. The second-order valence-corrected chi connectivity index (χ2v) is 2.34. The van der Waals surface area contributed by atoms with Gasteiger partial charge in [0.25, 0.3) is 5.69 Å². The minimum absolute atomic E-state index is 0.00634. The molecule has 1 aromatic heterocycles. The number of pyridine rings is 1. The summed E-state index contributed by atoms with van der Waals surface area (Å²) in [7, 11) is 0. The second-order valence-electron chi connectivity index (χ2n) is 2.34. The first-order valence-electron chi connectivity index (χ1n) is 3.61. The lowest BCUT2D eigenvalue weighted by Crippen LogP contribution is -2.00. The summed E-state index contributed by atoms with van der Waals surface area (Å²) in [6.45, 7) is -0.00634. The van der Waals surface area contributed by atoms with Crippen molar-refractivity contribution in [3.8, 4) is 18.2 Å². The molecular formula is C8H7N3O3. The molecule has 0 amide bonds. The number of rotatable bonds is 3. The van der Waals surface area contributed by atoms with Crippen molar-refractivity contribution in [3.05, 3.63) is 22.2 Å². The molecule has 0 aromatic carbocycles. The molecule has 0 saturated heterocycles. The third-order valence-electron chi connectivity index (χ3n) is 1.32. The zero-order valence-corrected chi connectivity index (χ0v) is 7.14. The van der Waals surface area contributed by atoms with Crippen LogP contribution in [-0.4, -0.2) is 16.5 Å². The van der Waals surface area contributed by atoms with Gasteiger partial charge in [-0.1, -0.05) is 5.92 Å². The molecule has 6 nitrogen and oxygen atoms in total. The molecule has 6 heteroatoms. The predicted octanol–water partition coefficient (Wildman–Crippen LogP) is 0.584. The predicted molar refractivity (Wildman–Crippen MR) is 49.6 cm³/mol. The molecule has 0 aliphatic rings. The molecule has 0 unspecified atom stereocenters. The summed E-state index contributed by atoms with van der Waals surface area (Å²) in [6.07, 6.45) is 4.94. The maximum absolute atomic E-state index is 10.4. The van der Waals surface area contributed by atoms with E-state index in [0.29, 0.717) is 0 Å². The minimum atomic E-state index is -0.583. The Hall–Kier alpha value is -2.29. The van der Waals surface area contributed by atoms with Gasteiger partial charge < -0.3 is 10.5 Å². The number of hydrogen-bond donors (Lipinski definition) is 1. The Morgan fingerprint density at radius 3 is 3.00 bits per heavy atom. The van der Waals surface area contributed by atoms with Crippen molar-refractivity contribution in [1.82, 2.24) is 4.98 Å². The lowest BCUT2D eigenvalue weighted by Gasteiger charge is -2.01. The van der Waals surface area contributed by atoms with E-state index in [2.05, 4.69) is 10.9 Å². The number of nitrogen functional groups attached to an aromatic ring is 1. The van der Waals surface area contributed by atoms with Crippen molar-refractivity contribution < 1.29 is 9.66 Å². The standard InChI is InChI=1S/C8H7N3O3/c1-2-3-14-8-5-6(11(12)13)4-7(9)10-8/h1,4-5H,3H2,(H2,9,10). The molecule has 0 bridgehead atoms. The molecule has 0 radical (unpaired) electrons. The summed E-state index contributed by atoms with van der Waals surface area (Å²) < 4.78 is 4.90. The van der Waals surface area contributed by atoms with Gasteiger partial charge in [0.05, 0.1) is 17.1 Å². The van der Waals surface area contributed by atoms with Crippen LogP contribution in [0.25, 0.3) is 0 Å². The van der Waals surface area contributed by atoms with Gasteiger partial charge >= 0.3 is 0 Å². The Balaban J connectivity index is 2.96. The number of hydrogen-bond acceptors (Lipinski definition) is 5. The molecule has 0 atom stereocenters. The number of terminal acetylenes is 1. The number of nitrogens with two attached hydrogens (primary N) is 1. The van der Waals surface area contributed by atoms with Gasteiger partial charge in [0.1, 0.15) is 5.82 Å². The van der Waals surface area contributed by atoms with Gasteiger partial charge in [-0.15, -0.1) is 6.42 Å². The molecule has 14 heavy (non-hydrogen) atoms. The molecule has 0 spiro atoms. The van der Waals surface area contributed by atoms with Crippen LogP contribution in [0.15, 0.2) is 12.1 Å². The first kappa shape index (κ1) is 9.80. The monoisotopic (exact) mass is 193 g/mol. The lowest BCUT2D eigenvalue weighted by molar-refractivity contribution is -0.384. The second kappa shape index (κ2) is 4.09. The third-order valence-corrected chi connectivity index (χ3v) is 1.32. The highest BCUT2D eigenvalue weighted by Crippen LogP contribution is 2.19. The number of ether oxygens (including phenoxy) is 1. The van der Waals surface area contributed by atoms with Gasteiger partial charge in [-0.05, 0) is 0 Å². The van der Waals surface area contributed by atoms with Crippen molar-refractivity contribution in [2.75, 3.05) is 12.3 Å². The molecular weight excluding hydrogens is 186 g/mol. The van der Waals surface area contributed by atoms with Crippen LogP contribution in [-0.2, 0) is 0 Å².